The number of amides is 2. The topological polar surface area (TPSA) is 49.4 Å². The molecule has 2 aromatic carbocycles. The Hall–Kier alpha value is -2.14. The maximum absolute atomic E-state index is 13.1. The number of rotatable bonds is 9. The van der Waals surface area contributed by atoms with Crippen LogP contribution in [0.3, 0.4) is 0 Å². The van der Waals surface area contributed by atoms with Crippen LogP contribution in [0.4, 0.5) is 0 Å². The normalized spacial score (nSPS) is 11.7. The number of nitrogens with one attached hydrogen (secondary N) is 1. The Labute approximate surface area is 176 Å². The van der Waals surface area contributed by atoms with E-state index in [1.165, 1.54) is 0 Å². The van der Waals surface area contributed by atoms with Crippen LogP contribution in [0.2, 0.25) is 0 Å². The van der Waals surface area contributed by atoms with Gasteiger partial charge in [-0.2, -0.15) is 0 Å². The lowest BCUT2D eigenvalue weighted by Crippen LogP contribution is -2.48. The minimum atomic E-state index is -0.530. The van der Waals surface area contributed by atoms with Crippen LogP contribution >= 0.6 is 15.9 Å². The van der Waals surface area contributed by atoms with Gasteiger partial charge in [0.05, 0.1) is 6.42 Å². The predicted molar refractivity (Wildman–Crippen MR) is 117 cm³/mol. The molecule has 0 bridgehead atoms. The number of aryl methyl sites for hydroxylation is 1. The van der Waals surface area contributed by atoms with Gasteiger partial charge in [0.1, 0.15) is 6.04 Å². The molecule has 0 spiro atoms. The Morgan fingerprint density at radius 2 is 1.82 bits per heavy atom. The summed E-state index contributed by atoms with van der Waals surface area (Å²) in [7, 11) is 0. The van der Waals surface area contributed by atoms with Crippen molar-refractivity contribution in [2.75, 3.05) is 6.54 Å². The van der Waals surface area contributed by atoms with E-state index in [1.807, 2.05) is 55.5 Å². The highest BCUT2D eigenvalue weighted by Gasteiger charge is 2.26. The van der Waals surface area contributed by atoms with E-state index in [-0.39, 0.29) is 18.2 Å². The molecule has 0 fully saturated rings. The van der Waals surface area contributed by atoms with Crippen molar-refractivity contribution in [2.45, 2.75) is 52.6 Å². The molecule has 0 aliphatic rings. The summed E-state index contributed by atoms with van der Waals surface area (Å²) < 4.78 is 0.985. The van der Waals surface area contributed by atoms with E-state index in [2.05, 4.69) is 28.2 Å². The van der Waals surface area contributed by atoms with Gasteiger partial charge in [0.25, 0.3) is 0 Å². The van der Waals surface area contributed by atoms with Gasteiger partial charge in [-0.15, -0.1) is 0 Å². The SMILES string of the molecule is CCCCNC(=O)[C@@H](C)N(Cc1ccc(Br)cc1)C(=O)Cc1cccc(C)c1. The van der Waals surface area contributed by atoms with E-state index in [0.717, 1.165) is 34.0 Å². The molecule has 28 heavy (non-hydrogen) atoms. The van der Waals surface area contributed by atoms with Crippen molar-refractivity contribution in [3.05, 3.63) is 69.7 Å². The van der Waals surface area contributed by atoms with E-state index in [9.17, 15) is 9.59 Å². The van der Waals surface area contributed by atoms with Gasteiger partial charge in [-0.25, -0.2) is 0 Å². The van der Waals surface area contributed by atoms with E-state index < -0.39 is 6.04 Å². The highest BCUT2D eigenvalue weighted by Crippen LogP contribution is 2.16. The van der Waals surface area contributed by atoms with Crippen LogP contribution in [0.5, 0.6) is 0 Å². The molecule has 0 saturated heterocycles. The molecular weight excluding hydrogens is 416 g/mol. The second-order valence-corrected chi connectivity index (χ2v) is 8.05. The lowest BCUT2D eigenvalue weighted by Gasteiger charge is -2.29. The van der Waals surface area contributed by atoms with E-state index in [4.69, 9.17) is 0 Å². The number of hydrogen-bond donors (Lipinski definition) is 1. The summed E-state index contributed by atoms with van der Waals surface area (Å²) in [6, 6.07) is 15.2. The fourth-order valence-electron chi connectivity index (χ4n) is 3.00. The van der Waals surface area contributed by atoms with E-state index >= 15 is 0 Å². The number of benzene rings is 2. The summed E-state index contributed by atoms with van der Waals surface area (Å²) in [4.78, 5) is 27.4. The molecule has 2 amide bonds. The molecule has 4 nitrogen and oxygen atoms in total. The van der Waals surface area contributed by atoms with Crippen LogP contribution in [0.1, 0.15) is 43.4 Å². The van der Waals surface area contributed by atoms with Gasteiger partial charge in [0.2, 0.25) is 11.8 Å². The smallest absolute Gasteiger partial charge is 0.242 e. The first-order chi connectivity index (χ1) is 13.4. The van der Waals surface area contributed by atoms with Crippen LogP contribution < -0.4 is 5.32 Å². The van der Waals surface area contributed by atoms with Crippen LogP contribution in [0.15, 0.2) is 53.0 Å². The highest BCUT2D eigenvalue weighted by atomic mass is 79.9. The molecule has 0 heterocycles. The molecular formula is C23H29BrN2O2. The summed E-state index contributed by atoms with van der Waals surface area (Å²) in [5.74, 6) is -0.158. The summed E-state index contributed by atoms with van der Waals surface area (Å²) in [5, 5.41) is 2.95. The van der Waals surface area contributed by atoms with Gasteiger partial charge in [0, 0.05) is 17.6 Å². The molecule has 0 saturated carbocycles. The zero-order valence-electron chi connectivity index (χ0n) is 16.9. The largest absolute Gasteiger partial charge is 0.354 e. The Morgan fingerprint density at radius 3 is 2.46 bits per heavy atom. The standard InChI is InChI=1S/C23H29BrN2O2/c1-4-5-13-25-23(28)18(3)26(16-19-9-11-21(24)12-10-19)22(27)15-20-8-6-7-17(2)14-20/h6-12,14,18H,4-5,13,15-16H2,1-3H3,(H,25,28)/t18-/m1/s1. The third-order valence-electron chi connectivity index (χ3n) is 4.70. The number of nitrogens with zero attached hydrogens (tertiary/aromatic N) is 1. The molecule has 1 atom stereocenters. The number of carbonyl (C=O) groups is 2. The number of unbranched alkanes of at least 4 members (excludes halogenated alkanes) is 1. The van der Waals surface area contributed by atoms with Crippen molar-refractivity contribution in [3.63, 3.8) is 0 Å². The van der Waals surface area contributed by atoms with Gasteiger partial charge in [-0.3, -0.25) is 9.59 Å². The molecule has 0 aliphatic carbocycles. The molecule has 0 aromatic heterocycles. The van der Waals surface area contributed by atoms with Crippen LogP contribution in [-0.2, 0) is 22.6 Å². The molecule has 0 unspecified atom stereocenters. The molecule has 5 heteroatoms. The second-order valence-electron chi connectivity index (χ2n) is 7.13. The third-order valence-corrected chi connectivity index (χ3v) is 5.23. The summed E-state index contributed by atoms with van der Waals surface area (Å²) in [6.45, 7) is 6.94. The van der Waals surface area contributed by atoms with Gasteiger partial charge in [-0.05, 0) is 43.5 Å². The zero-order chi connectivity index (χ0) is 20.5. The predicted octanol–water partition coefficient (Wildman–Crippen LogP) is 4.63. The van der Waals surface area contributed by atoms with Gasteiger partial charge < -0.3 is 10.2 Å². The van der Waals surface area contributed by atoms with Crippen molar-refractivity contribution >= 4 is 27.7 Å². The monoisotopic (exact) mass is 444 g/mol. The Kier molecular flexibility index (Phi) is 8.71. The first-order valence-electron chi connectivity index (χ1n) is 9.78. The van der Waals surface area contributed by atoms with Crippen molar-refractivity contribution < 1.29 is 9.59 Å². The summed E-state index contributed by atoms with van der Waals surface area (Å²) in [5.41, 5.74) is 3.08. The minimum Gasteiger partial charge on any atom is -0.354 e. The highest BCUT2D eigenvalue weighted by molar-refractivity contribution is 9.10. The van der Waals surface area contributed by atoms with Gasteiger partial charge in [0.15, 0.2) is 0 Å². The summed E-state index contributed by atoms with van der Waals surface area (Å²) in [6.07, 6.45) is 2.23. The van der Waals surface area contributed by atoms with E-state index in [1.54, 1.807) is 11.8 Å². The number of carbonyl (C=O) groups excluding carboxylic acids is 2. The second kappa shape index (κ2) is 11.0. The molecule has 1 N–H and O–H groups in total. The molecule has 150 valence electrons. The van der Waals surface area contributed by atoms with Crippen LogP contribution in [0, 0.1) is 6.92 Å². The van der Waals surface area contributed by atoms with E-state index in [0.29, 0.717) is 13.1 Å². The quantitative estimate of drug-likeness (QED) is 0.572. The van der Waals surface area contributed by atoms with Crippen molar-refractivity contribution in [2.24, 2.45) is 0 Å². The lowest BCUT2D eigenvalue weighted by atomic mass is 10.1. The van der Waals surface area contributed by atoms with Crippen LogP contribution in [-0.4, -0.2) is 29.3 Å². The average Bonchev–Trinajstić information content (AvgIpc) is 2.67. The van der Waals surface area contributed by atoms with Gasteiger partial charge >= 0.3 is 0 Å². The fraction of sp³-hybridized carbons (Fsp3) is 0.391. The number of hydrogen-bond acceptors (Lipinski definition) is 2. The molecule has 0 aliphatic heterocycles. The zero-order valence-corrected chi connectivity index (χ0v) is 18.5. The first-order valence-corrected chi connectivity index (χ1v) is 10.6. The Bertz CT molecular complexity index is 789. The maximum Gasteiger partial charge on any atom is 0.242 e. The first kappa shape index (κ1) is 22.2. The van der Waals surface area contributed by atoms with Gasteiger partial charge in [-0.1, -0.05) is 71.2 Å². The molecule has 0 radical (unpaired) electrons. The average molecular weight is 445 g/mol. The van der Waals surface area contributed by atoms with Crippen molar-refractivity contribution in [1.82, 2.24) is 10.2 Å². The van der Waals surface area contributed by atoms with Crippen LogP contribution in [0.25, 0.3) is 0 Å². The maximum atomic E-state index is 13.1. The Balaban J connectivity index is 2.17. The molecule has 2 rings (SSSR count). The van der Waals surface area contributed by atoms with Crippen molar-refractivity contribution in [1.29, 1.82) is 0 Å². The summed E-state index contributed by atoms with van der Waals surface area (Å²) >= 11 is 3.43. The lowest BCUT2D eigenvalue weighted by molar-refractivity contribution is -0.140. The Morgan fingerprint density at radius 1 is 1.11 bits per heavy atom. The third kappa shape index (κ3) is 6.79. The fourth-order valence-corrected chi connectivity index (χ4v) is 3.27. The van der Waals surface area contributed by atoms with Crippen molar-refractivity contribution in [3.8, 4) is 0 Å². The molecule has 2 aromatic rings. The number of halogens is 1. The minimum absolute atomic E-state index is 0.0494.